The average Bonchev–Trinajstić information content (AvgIpc) is 2.87. The van der Waals surface area contributed by atoms with Crippen LogP contribution in [0.2, 0.25) is 0 Å². The van der Waals surface area contributed by atoms with E-state index in [1.165, 1.54) is 25.2 Å². The van der Waals surface area contributed by atoms with E-state index in [0.29, 0.717) is 22.4 Å². The zero-order valence-corrected chi connectivity index (χ0v) is 19.8. The number of hydrogen-bond donors (Lipinski definition) is 1. The minimum absolute atomic E-state index is 0.0522. The lowest BCUT2D eigenvalue weighted by Crippen LogP contribution is -2.40. The Balaban J connectivity index is 2.34. The Kier molecular flexibility index (Phi) is 7.56. The number of hydrogen-bond acceptors (Lipinski definition) is 9. The summed E-state index contributed by atoms with van der Waals surface area (Å²) in [6, 6.07) is 15.5. The average molecular weight is 476 g/mol. The van der Waals surface area contributed by atoms with Gasteiger partial charge in [-0.15, -0.1) is 0 Å². The highest BCUT2D eigenvalue weighted by Crippen LogP contribution is 2.43. The fraction of sp³-hybridized carbons (Fsp3) is 0.231. The Morgan fingerprint density at radius 3 is 2.23 bits per heavy atom. The molecule has 1 aliphatic heterocycles. The van der Waals surface area contributed by atoms with E-state index < -0.39 is 23.8 Å². The van der Waals surface area contributed by atoms with Crippen LogP contribution in [-0.2, 0) is 23.8 Å². The van der Waals surface area contributed by atoms with Gasteiger partial charge in [-0.2, -0.15) is 5.26 Å². The molecule has 0 radical (unpaired) electrons. The van der Waals surface area contributed by atoms with Gasteiger partial charge in [-0.05, 0) is 43.2 Å². The number of carbonyl (C=O) groups excluding carboxylic acids is 3. The third-order valence-electron chi connectivity index (χ3n) is 5.57. The molecule has 0 aliphatic carbocycles. The molecule has 1 atom stereocenters. The summed E-state index contributed by atoms with van der Waals surface area (Å²) in [6.07, 6.45) is 0. The molecule has 35 heavy (non-hydrogen) atoms. The quantitative estimate of drug-likeness (QED) is 0.494. The Hall–Kier alpha value is -4.58. The lowest BCUT2D eigenvalue weighted by Gasteiger charge is -2.36. The Labute approximate surface area is 203 Å². The van der Waals surface area contributed by atoms with Gasteiger partial charge in [0.2, 0.25) is 0 Å². The van der Waals surface area contributed by atoms with Gasteiger partial charge in [-0.1, -0.05) is 30.3 Å². The first-order valence-corrected chi connectivity index (χ1v) is 10.7. The topological polar surface area (TPSA) is 132 Å². The second-order valence-electron chi connectivity index (χ2n) is 7.55. The molecule has 2 aromatic rings. The van der Waals surface area contributed by atoms with Crippen molar-refractivity contribution in [2.24, 2.45) is 5.73 Å². The highest BCUT2D eigenvalue weighted by molar-refractivity contribution is 6.06. The van der Waals surface area contributed by atoms with E-state index in [-0.39, 0.29) is 29.3 Å². The number of nitriles is 1. The highest BCUT2D eigenvalue weighted by Gasteiger charge is 2.43. The molecule has 0 aromatic heterocycles. The Morgan fingerprint density at radius 2 is 1.69 bits per heavy atom. The summed E-state index contributed by atoms with van der Waals surface area (Å²) in [5, 5.41) is 10.1. The number of anilines is 1. The maximum atomic E-state index is 13.1. The lowest BCUT2D eigenvalue weighted by atomic mass is 9.81. The maximum Gasteiger partial charge on any atom is 0.355 e. The van der Waals surface area contributed by atoms with Gasteiger partial charge in [0.15, 0.2) is 0 Å². The number of carbonyl (C=O) groups is 3. The first-order valence-electron chi connectivity index (χ1n) is 10.7. The van der Waals surface area contributed by atoms with E-state index >= 15 is 0 Å². The van der Waals surface area contributed by atoms with Gasteiger partial charge in [0.1, 0.15) is 11.5 Å². The largest absolute Gasteiger partial charge is 0.466 e. The van der Waals surface area contributed by atoms with Crippen LogP contribution in [0.25, 0.3) is 0 Å². The Morgan fingerprint density at radius 1 is 1.03 bits per heavy atom. The van der Waals surface area contributed by atoms with Crippen molar-refractivity contribution in [2.75, 3.05) is 25.7 Å². The van der Waals surface area contributed by atoms with Crippen molar-refractivity contribution in [3.8, 4) is 6.07 Å². The van der Waals surface area contributed by atoms with E-state index in [2.05, 4.69) is 6.07 Å². The molecule has 180 valence electrons. The minimum atomic E-state index is -0.959. The normalized spacial score (nSPS) is 15.4. The van der Waals surface area contributed by atoms with Crippen LogP contribution in [0.3, 0.4) is 0 Å². The predicted molar refractivity (Wildman–Crippen MR) is 127 cm³/mol. The molecule has 1 aliphatic rings. The van der Waals surface area contributed by atoms with Crippen LogP contribution in [0.4, 0.5) is 5.69 Å². The van der Waals surface area contributed by atoms with Crippen LogP contribution < -0.4 is 10.6 Å². The van der Waals surface area contributed by atoms with Crippen LogP contribution in [0, 0.1) is 18.3 Å². The molecule has 1 unspecified atom stereocenters. The number of nitrogens with zero attached hydrogens (tertiary/aromatic N) is 2. The highest BCUT2D eigenvalue weighted by atomic mass is 16.5. The monoisotopic (exact) mass is 475 g/mol. The summed E-state index contributed by atoms with van der Waals surface area (Å²) < 4.78 is 15.1. The second kappa shape index (κ2) is 10.6. The van der Waals surface area contributed by atoms with E-state index in [1.807, 2.05) is 0 Å². The molecule has 0 saturated heterocycles. The molecule has 2 N–H and O–H groups in total. The number of allylic oxidation sites excluding steroid dienone is 1. The van der Waals surface area contributed by atoms with Crippen LogP contribution in [0.5, 0.6) is 0 Å². The molecule has 9 nitrogen and oxygen atoms in total. The van der Waals surface area contributed by atoms with E-state index in [9.17, 15) is 19.6 Å². The maximum absolute atomic E-state index is 13.1. The van der Waals surface area contributed by atoms with Crippen molar-refractivity contribution in [3.05, 3.63) is 87.9 Å². The molecule has 0 bridgehead atoms. The standard InChI is InChI=1S/C26H25N3O6/c1-5-35-24(30)18-12-11-17(13-15(18)2)29-22(26(32)34-4)21(25(31)33-3)20(19(14-27)23(29)28)16-9-7-6-8-10-16/h6-13,20H,5,28H2,1-4H3. The fourth-order valence-electron chi connectivity index (χ4n) is 4.01. The van der Waals surface area contributed by atoms with Gasteiger partial charge in [0.25, 0.3) is 0 Å². The number of esters is 3. The van der Waals surface area contributed by atoms with E-state index in [1.54, 1.807) is 56.3 Å². The summed E-state index contributed by atoms with van der Waals surface area (Å²) in [7, 11) is 2.36. The number of ether oxygens (including phenoxy) is 3. The van der Waals surface area contributed by atoms with Crippen molar-refractivity contribution >= 4 is 23.6 Å². The van der Waals surface area contributed by atoms with Crippen LogP contribution in [0.15, 0.2) is 71.2 Å². The molecule has 0 amide bonds. The van der Waals surface area contributed by atoms with Gasteiger partial charge >= 0.3 is 17.9 Å². The SMILES string of the molecule is CCOC(=O)c1ccc(N2C(N)=C(C#N)C(c3ccccc3)C(C(=O)OC)=C2C(=O)OC)cc1C. The number of rotatable bonds is 6. The van der Waals surface area contributed by atoms with Gasteiger partial charge in [-0.25, -0.2) is 14.4 Å². The molecule has 1 heterocycles. The molecular formula is C26H25N3O6. The van der Waals surface area contributed by atoms with Gasteiger partial charge in [0, 0.05) is 5.69 Å². The lowest BCUT2D eigenvalue weighted by molar-refractivity contribution is -0.139. The summed E-state index contributed by atoms with van der Waals surface area (Å²) in [5.41, 5.74) is 8.03. The van der Waals surface area contributed by atoms with Crippen molar-refractivity contribution in [2.45, 2.75) is 19.8 Å². The number of aryl methyl sites for hydroxylation is 1. The van der Waals surface area contributed by atoms with Gasteiger partial charge in [0.05, 0.1) is 49.5 Å². The molecule has 3 rings (SSSR count). The Bertz CT molecular complexity index is 1270. The molecule has 0 fully saturated rings. The molecule has 2 aromatic carbocycles. The van der Waals surface area contributed by atoms with E-state index in [4.69, 9.17) is 19.9 Å². The first-order chi connectivity index (χ1) is 16.8. The summed E-state index contributed by atoms with van der Waals surface area (Å²) in [5.74, 6) is -3.18. The number of nitrogens with two attached hydrogens (primary N) is 1. The van der Waals surface area contributed by atoms with Crippen molar-refractivity contribution < 1.29 is 28.6 Å². The molecule has 0 spiro atoms. The summed E-state index contributed by atoms with van der Waals surface area (Å²) >= 11 is 0. The van der Waals surface area contributed by atoms with Crippen LogP contribution in [-0.4, -0.2) is 38.7 Å². The van der Waals surface area contributed by atoms with Crippen molar-refractivity contribution in [1.29, 1.82) is 5.26 Å². The predicted octanol–water partition coefficient (Wildman–Crippen LogP) is 3.07. The van der Waals surface area contributed by atoms with Crippen molar-refractivity contribution in [3.63, 3.8) is 0 Å². The third-order valence-corrected chi connectivity index (χ3v) is 5.57. The molecular weight excluding hydrogens is 450 g/mol. The fourth-order valence-corrected chi connectivity index (χ4v) is 4.01. The van der Waals surface area contributed by atoms with Gasteiger partial charge < -0.3 is 19.9 Å². The smallest absolute Gasteiger partial charge is 0.355 e. The van der Waals surface area contributed by atoms with Crippen LogP contribution in [0.1, 0.15) is 34.3 Å². The zero-order valence-electron chi connectivity index (χ0n) is 19.8. The molecule has 9 heteroatoms. The van der Waals surface area contributed by atoms with Crippen LogP contribution >= 0.6 is 0 Å². The third kappa shape index (κ3) is 4.59. The summed E-state index contributed by atoms with van der Waals surface area (Å²) in [4.78, 5) is 39.7. The number of methoxy groups -OCH3 is 2. The van der Waals surface area contributed by atoms with Crippen molar-refractivity contribution in [1.82, 2.24) is 0 Å². The number of benzene rings is 2. The van der Waals surface area contributed by atoms with E-state index in [0.717, 1.165) is 0 Å². The zero-order chi connectivity index (χ0) is 25.7. The second-order valence-corrected chi connectivity index (χ2v) is 7.55. The summed E-state index contributed by atoms with van der Waals surface area (Å²) in [6.45, 7) is 3.61. The van der Waals surface area contributed by atoms with Gasteiger partial charge in [-0.3, -0.25) is 4.90 Å². The minimum Gasteiger partial charge on any atom is -0.466 e. The first kappa shape index (κ1) is 25.1. The molecule has 0 saturated carbocycles.